The third-order valence-corrected chi connectivity index (χ3v) is 3.22. The second-order valence-corrected chi connectivity index (χ2v) is 4.62. The topological polar surface area (TPSA) is 32.3 Å². The molecule has 0 saturated carbocycles. The van der Waals surface area contributed by atoms with Crippen LogP contribution in [-0.2, 0) is 0 Å². The number of benzene rings is 1. The summed E-state index contributed by atoms with van der Waals surface area (Å²) in [6.45, 7) is 2.94. The number of hydrogen-bond donors (Lipinski definition) is 2. The summed E-state index contributed by atoms with van der Waals surface area (Å²) in [4.78, 5) is 0. The lowest BCUT2D eigenvalue weighted by Gasteiger charge is -2.28. The monoisotopic (exact) mass is 225 g/mol. The van der Waals surface area contributed by atoms with Gasteiger partial charge in [-0.05, 0) is 49.6 Å². The van der Waals surface area contributed by atoms with Crippen molar-refractivity contribution in [3.05, 3.63) is 34.3 Å². The van der Waals surface area contributed by atoms with E-state index >= 15 is 0 Å². The van der Waals surface area contributed by atoms with Gasteiger partial charge in [0.1, 0.15) is 0 Å². The second kappa shape index (κ2) is 4.52. The summed E-state index contributed by atoms with van der Waals surface area (Å²) < 4.78 is 0. The number of nitrogens with one attached hydrogen (secondary N) is 1. The lowest BCUT2D eigenvalue weighted by atomic mass is 9.93. The first-order valence-corrected chi connectivity index (χ1v) is 5.72. The van der Waals surface area contributed by atoms with Gasteiger partial charge in [0.25, 0.3) is 0 Å². The molecule has 0 aromatic heterocycles. The van der Waals surface area contributed by atoms with Crippen molar-refractivity contribution in [2.75, 3.05) is 6.54 Å². The van der Waals surface area contributed by atoms with Crippen LogP contribution in [0.1, 0.15) is 30.0 Å². The molecule has 1 aliphatic heterocycles. The molecular formula is C12H16ClNO. The normalized spacial score (nSPS) is 26.6. The summed E-state index contributed by atoms with van der Waals surface area (Å²) in [6, 6.07) is 6.20. The molecule has 0 aliphatic carbocycles. The van der Waals surface area contributed by atoms with Crippen LogP contribution in [0.3, 0.4) is 0 Å². The number of hydrogen-bond acceptors (Lipinski definition) is 2. The third-order valence-electron chi connectivity index (χ3n) is 2.98. The molecule has 2 nitrogen and oxygen atoms in total. The number of aliphatic hydroxyl groups excluding tert-OH is 1. The van der Waals surface area contributed by atoms with Gasteiger partial charge in [0.2, 0.25) is 0 Å². The lowest BCUT2D eigenvalue weighted by Crippen LogP contribution is -2.34. The van der Waals surface area contributed by atoms with E-state index in [1.54, 1.807) is 0 Å². The summed E-state index contributed by atoms with van der Waals surface area (Å²) in [6.07, 6.45) is 1.47. The van der Waals surface area contributed by atoms with Gasteiger partial charge in [-0.2, -0.15) is 0 Å². The van der Waals surface area contributed by atoms with Crippen LogP contribution in [0.15, 0.2) is 18.2 Å². The summed E-state index contributed by atoms with van der Waals surface area (Å²) in [7, 11) is 0. The molecule has 15 heavy (non-hydrogen) atoms. The number of halogens is 1. The fraction of sp³-hybridized carbons (Fsp3) is 0.500. The van der Waals surface area contributed by atoms with Crippen molar-refractivity contribution in [3.63, 3.8) is 0 Å². The Bertz CT molecular complexity index is 353. The largest absolute Gasteiger partial charge is 0.393 e. The smallest absolute Gasteiger partial charge is 0.0570 e. The average Bonchev–Trinajstić information content (AvgIpc) is 2.17. The summed E-state index contributed by atoms with van der Waals surface area (Å²) in [5.41, 5.74) is 2.44. The van der Waals surface area contributed by atoms with Crippen molar-refractivity contribution < 1.29 is 5.11 Å². The fourth-order valence-electron chi connectivity index (χ4n) is 2.16. The van der Waals surface area contributed by atoms with Crippen molar-refractivity contribution in [1.82, 2.24) is 5.32 Å². The Morgan fingerprint density at radius 1 is 1.47 bits per heavy atom. The SMILES string of the molecule is Cc1cc(Cl)ccc1C1C[C@@H](O)CCN1. The van der Waals surface area contributed by atoms with Gasteiger partial charge in [0.05, 0.1) is 6.10 Å². The fourth-order valence-corrected chi connectivity index (χ4v) is 2.39. The van der Waals surface area contributed by atoms with Gasteiger partial charge >= 0.3 is 0 Å². The van der Waals surface area contributed by atoms with Crippen LogP contribution >= 0.6 is 11.6 Å². The molecule has 82 valence electrons. The Morgan fingerprint density at radius 2 is 2.27 bits per heavy atom. The van der Waals surface area contributed by atoms with Gasteiger partial charge in [0, 0.05) is 11.1 Å². The zero-order valence-corrected chi connectivity index (χ0v) is 9.59. The predicted molar refractivity (Wildman–Crippen MR) is 62.2 cm³/mol. The molecule has 0 spiro atoms. The Kier molecular flexibility index (Phi) is 3.29. The molecule has 1 aliphatic rings. The predicted octanol–water partition coefficient (Wildman–Crippen LogP) is 2.43. The van der Waals surface area contributed by atoms with Crippen molar-refractivity contribution in [3.8, 4) is 0 Å². The minimum Gasteiger partial charge on any atom is -0.393 e. The van der Waals surface area contributed by atoms with Crippen molar-refractivity contribution in [2.24, 2.45) is 0 Å². The van der Waals surface area contributed by atoms with E-state index in [2.05, 4.69) is 12.2 Å². The van der Waals surface area contributed by atoms with E-state index < -0.39 is 0 Å². The molecular weight excluding hydrogens is 210 g/mol. The van der Waals surface area contributed by atoms with Crippen molar-refractivity contribution >= 4 is 11.6 Å². The second-order valence-electron chi connectivity index (χ2n) is 4.19. The van der Waals surface area contributed by atoms with Crippen LogP contribution in [-0.4, -0.2) is 17.8 Å². The van der Waals surface area contributed by atoms with E-state index in [9.17, 15) is 5.11 Å². The van der Waals surface area contributed by atoms with Gasteiger partial charge in [-0.15, -0.1) is 0 Å². The van der Waals surface area contributed by atoms with Gasteiger partial charge in [0.15, 0.2) is 0 Å². The molecule has 2 rings (SSSR count). The highest BCUT2D eigenvalue weighted by Gasteiger charge is 2.21. The molecule has 0 amide bonds. The molecule has 0 bridgehead atoms. The molecule has 1 heterocycles. The molecule has 2 N–H and O–H groups in total. The number of piperidine rings is 1. The molecule has 1 unspecified atom stereocenters. The zero-order chi connectivity index (χ0) is 10.8. The van der Waals surface area contributed by atoms with E-state index in [0.29, 0.717) is 0 Å². The van der Waals surface area contributed by atoms with Crippen LogP contribution in [0, 0.1) is 6.92 Å². The van der Waals surface area contributed by atoms with Gasteiger partial charge in [-0.1, -0.05) is 17.7 Å². The Morgan fingerprint density at radius 3 is 2.93 bits per heavy atom. The van der Waals surface area contributed by atoms with Crippen molar-refractivity contribution in [2.45, 2.75) is 31.9 Å². The minimum absolute atomic E-state index is 0.175. The van der Waals surface area contributed by atoms with E-state index in [4.69, 9.17) is 11.6 Å². The third kappa shape index (κ3) is 2.51. The van der Waals surface area contributed by atoms with E-state index in [-0.39, 0.29) is 12.1 Å². The summed E-state index contributed by atoms with van der Waals surface area (Å²) in [5.74, 6) is 0. The van der Waals surface area contributed by atoms with Crippen LogP contribution < -0.4 is 5.32 Å². The standard InChI is InChI=1S/C12H16ClNO/c1-8-6-9(13)2-3-11(8)12-7-10(15)4-5-14-12/h2-3,6,10,12,14-15H,4-5,7H2,1H3/t10-,12?/m0/s1. The molecule has 2 atom stereocenters. The van der Waals surface area contributed by atoms with E-state index in [1.807, 2.05) is 18.2 Å². The Balaban J connectivity index is 2.21. The van der Waals surface area contributed by atoms with Gasteiger partial charge < -0.3 is 10.4 Å². The highest BCUT2D eigenvalue weighted by Crippen LogP contribution is 2.27. The Labute approximate surface area is 95.3 Å². The van der Waals surface area contributed by atoms with Gasteiger partial charge in [-0.25, -0.2) is 0 Å². The number of aryl methyl sites for hydroxylation is 1. The van der Waals surface area contributed by atoms with Crippen LogP contribution in [0.25, 0.3) is 0 Å². The summed E-state index contributed by atoms with van der Waals surface area (Å²) in [5, 5.41) is 13.8. The minimum atomic E-state index is -0.175. The van der Waals surface area contributed by atoms with E-state index in [0.717, 1.165) is 24.4 Å². The maximum atomic E-state index is 9.62. The van der Waals surface area contributed by atoms with Crippen LogP contribution in [0.5, 0.6) is 0 Å². The molecule has 3 heteroatoms. The highest BCUT2D eigenvalue weighted by molar-refractivity contribution is 6.30. The van der Waals surface area contributed by atoms with Crippen molar-refractivity contribution in [1.29, 1.82) is 0 Å². The molecule has 1 aromatic rings. The number of rotatable bonds is 1. The van der Waals surface area contributed by atoms with Crippen LogP contribution in [0.2, 0.25) is 5.02 Å². The van der Waals surface area contributed by atoms with Crippen LogP contribution in [0.4, 0.5) is 0 Å². The molecule has 1 fully saturated rings. The zero-order valence-electron chi connectivity index (χ0n) is 8.83. The quantitative estimate of drug-likeness (QED) is 0.770. The molecule has 1 saturated heterocycles. The van der Waals surface area contributed by atoms with E-state index in [1.165, 1.54) is 11.1 Å². The average molecular weight is 226 g/mol. The highest BCUT2D eigenvalue weighted by atomic mass is 35.5. The maximum Gasteiger partial charge on any atom is 0.0570 e. The summed E-state index contributed by atoms with van der Waals surface area (Å²) >= 11 is 5.91. The van der Waals surface area contributed by atoms with Gasteiger partial charge in [-0.3, -0.25) is 0 Å². The number of aliphatic hydroxyl groups is 1. The Hall–Kier alpha value is -0.570. The maximum absolute atomic E-state index is 9.62. The molecule has 0 radical (unpaired) electrons. The first-order valence-electron chi connectivity index (χ1n) is 5.34. The molecule has 1 aromatic carbocycles. The first-order chi connectivity index (χ1) is 7.16. The first kappa shape index (κ1) is 10.9. The lowest BCUT2D eigenvalue weighted by molar-refractivity contribution is 0.116.